The van der Waals surface area contributed by atoms with Crippen LogP contribution in [0, 0.1) is 5.92 Å². The summed E-state index contributed by atoms with van der Waals surface area (Å²) in [5, 5.41) is 6.65. The van der Waals surface area contributed by atoms with Gasteiger partial charge in [0.05, 0.1) is 24.6 Å². The SMILES string of the molecule is C=C(N[C@@H](C)C(=O)N1C[C@H](Oc2ncc(OCCOC)c3ccccc23)C[C@H]1C(=O)N[C@]1(C(=O)NS(=O)(=O)C2CC2)C[C@H]1C)OC(C)(C)C. The molecular formula is C34H47N5O9S. The predicted molar refractivity (Wildman–Crippen MR) is 181 cm³/mol. The van der Waals surface area contributed by atoms with Crippen LogP contribution in [0.5, 0.6) is 11.6 Å². The van der Waals surface area contributed by atoms with Crippen molar-refractivity contribution in [1.82, 2.24) is 25.2 Å². The van der Waals surface area contributed by atoms with E-state index in [2.05, 4.69) is 26.9 Å². The minimum atomic E-state index is -3.82. The number of sulfonamides is 1. The normalized spacial score (nSPS) is 24.1. The Morgan fingerprint density at radius 1 is 1.14 bits per heavy atom. The summed E-state index contributed by atoms with van der Waals surface area (Å²) in [6.45, 7) is 13.6. The number of pyridine rings is 1. The highest BCUT2D eigenvalue weighted by atomic mass is 32.2. The molecule has 5 atom stereocenters. The maximum Gasteiger partial charge on any atom is 0.259 e. The Kier molecular flexibility index (Phi) is 10.4. The molecule has 3 aliphatic rings. The summed E-state index contributed by atoms with van der Waals surface area (Å²) in [4.78, 5) is 47.1. The Labute approximate surface area is 287 Å². The van der Waals surface area contributed by atoms with Gasteiger partial charge in [-0.3, -0.25) is 19.1 Å². The van der Waals surface area contributed by atoms with Crippen LogP contribution in [0.4, 0.5) is 0 Å². The zero-order chi connectivity index (χ0) is 35.7. The number of rotatable bonds is 15. The van der Waals surface area contributed by atoms with Gasteiger partial charge in [-0.1, -0.05) is 25.1 Å². The van der Waals surface area contributed by atoms with Gasteiger partial charge in [0.1, 0.15) is 41.7 Å². The van der Waals surface area contributed by atoms with Gasteiger partial charge in [-0.05, 0) is 65.5 Å². The average Bonchev–Trinajstić information content (AvgIpc) is 3.94. The summed E-state index contributed by atoms with van der Waals surface area (Å²) in [7, 11) is -2.24. The van der Waals surface area contributed by atoms with E-state index in [9.17, 15) is 22.8 Å². The lowest BCUT2D eigenvalue weighted by molar-refractivity contribution is -0.141. The zero-order valence-corrected chi connectivity index (χ0v) is 29.7. The van der Waals surface area contributed by atoms with Crippen molar-refractivity contribution in [3.8, 4) is 11.6 Å². The Balaban J connectivity index is 1.37. The first-order valence-corrected chi connectivity index (χ1v) is 18.1. The van der Waals surface area contributed by atoms with Crippen molar-refractivity contribution in [3.63, 3.8) is 0 Å². The average molecular weight is 702 g/mol. The molecule has 2 heterocycles. The lowest BCUT2D eigenvalue weighted by Crippen LogP contribution is -2.57. The molecule has 0 unspecified atom stereocenters. The van der Waals surface area contributed by atoms with Gasteiger partial charge in [0.25, 0.3) is 5.91 Å². The van der Waals surface area contributed by atoms with Crippen LogP contribution >= 0.6 is 0 Å². The number of likely N-dealkylation sites (tertiary alicyclic amines) is 1. The molecule has 0 bridgehead atoms. The molecule has 3 amide bonds. The molecule has 3 fully saturated rings. The highest BCUT2D eigenvalue weighted by molar-refractivity contribution is 7.91. The van der Waals surface area contributed by atoms with Crippen LogP contribution in [-0.4, -0.2) is 97.5 Å². The van der Waals surface area contributed by atoms with Crippen LogP contribution in [0.3, 0.4) is 0 Å². The molecule has 1 aromatic heterocycles. The van der Waals surface area contributed by atoms with Crippen LogP contribution in [0.2, 0.25) is 0 Å². The third kappa shape index (κ3) is 8.38. The highest BCUT2D eigenvalue weighted by Gasteiger charge is 2.61. The highest BCUT2D eigenvalue weighted by Crippen LogP contribution is 2.44. The summed E-state index contributed by atoms with van der Waals surface area (Å²) < 4.78 is 50.4. The second-order valence-corrected chi connectivity index (χ2v) is 16.0. The summed E-state index contributed by atoms with van der Waals surface area (Å²) in [6.07, 6.45) is 2.26. The number of nitrogens with zero attached hydrogens (tertiary/aromatic N) is 2. The second kappa shape index (κ2) is 14.0. The lowest BCUT2D eigenvalue weighted by atomic mass is 10.1. The number of ether oxygens (including phenoxy) is 4. The molecule has 14 nitrogen and oxygen atoms in total. The first-order valence-electron chi connectivity index (χ1n) is 16.5. The van der Waals surface area contributed by atoms with Crippen LogP contribution in [-0.2, 0) is 33.9 Å². The van der Waals surface area contributed by atoms with Crippen molar-refractivity contribution in [1.29, 1.82) is 0 Å². The fourth-order valence-corrected chi connectivity index (χ4v) is 7.39. The number of benzene rings is 1. The van der Waals surface area contributed by atoms with E-state index in [1.54, 1.807) is 27.2 Å². The van der Waals surface area contributed by atoms with Crippen molar-refractivity contribution < 1.29 is 41.7 Å². The summed E-state index contributed by atoms with van der Waals surface area (Å²) in [5.41, 5.74) is -1.95. The molecule has 268 valence electrons. The number of fused-ring (bicyclic) bond motifs is 1. The van der Waals surface area contributed by atoms with Crippen LogP contribution in [0.25, 0.3) is 10.8 Å². The number of hydrogen-bond donors (Lipinski definition) is 3. The minimum Gasteiger partial charge on any atom is -0.489 e. The molecule has 1 aromatic carbocycles. The zero-order valence-electron chi connectivity index (χ0n) is 28.9. The third-order valence-corrected chi connectivity index (χ3v) is 10.6. The topological polar surface area (TPSA) is 174 Å². The van der Waals surface area contributed by atoms with Gasteiger partial charge < -0.3 is 34.5 Å². The Morgan fingerprint density at radius 2 is 1.82 bits per heavy atom. The first-order chi connectivity index (χ1) is 23.0. The van der Waals surface area contributed by atoms with Gasteiger partial charge >= 0.3 is 0 Å². The molecule has 1 saturated heterocycles. The lowest BCUT2D eigenvalue weighted by Gasteiger charge is -2.30. The van der Waals surface area contributed by atoms with Crippen LogP contribution in [0.15, 0.2) is 42.9 Å². The molecule has 0 spiro atoms. The van der Waals surface area contributed by atoms with Gasteiger partial charge in [-0.2, -0.15) is 0 Å². The smallest absolute Gasteiger partial charge is 0.259 e. The van der Waals surface area contributed by atoms with E-state index >= 15 is 0 Å². The summed E-state index contributed by atoms with van der Waals surface area (Å²) >= 11 is 0. The van der Waals surface area contributed by atoms with Gasteiger partial charge in [-0.15, -0.1) is 0 Å². The molecule has 3 N–H and O–H groups in total. The van der Waals surface area contributed by atoms with E-state index in [0.717, 1.165) is 5.39 Å². The number of methoxy groups -OCH3 is 1. The van der Waals surface area contributed by atoms with E-state index in [4.69, 9.17) is 18.9 Å². The van der Waals surface area contributed by atoms with Crippen molar-refractivity contribution in [2.45, 2.75) is 94.9 Å². The quantitative estimate of drug-likeness (QED) is 0.184. The number of carbonyl (C=O) groups is 3. The Morgan fingerprint density at radius 3 is 2.43 bits per heavy atom. The molecule has 49 heavy (non-hydrogen) atoms. The number of amides is 3. The number of nitrogens with one attached hydrogen (secondary N) is 3. The summed E-state index contributed by atoms with van der Waals surface area (Å²) in [6, 6.07) is 5.60. The van der Waals surface area contributed by atoms with E-state index in [1.807, 2.05) is 45.0 Å². The Hall–Kier alpha value is -4.11. The molecule has 15 heteroatoms. The fourth-order valence-electron chi connectivity index (χ4n) is 6.03. The van der Waals surface area contributed by atoms with E-state index in [0.29, 0.717) is 43.1 Å². The molecule has 1 aliphatic heterocycles. The van der Waals surface area contributed by atoms with Gasteiger partial charge in [-0.25, -0.2) is 13.4 Å². The van der Waals surface area contributed by atoms with Crippen LogP contribution in [0.1, 0.15) is 60.3 Å². The molecule has 2 aromatic rings. The van der Waals surface area contributed by atoms with E-state index in [-0.39, 0.29) is 31.2 Å². The Bertz CT molecular complexity index is 1710. The monoisotopic (exact) mass is 701 g/mol. The molecule has 5 rings (SSSR count). The molecule has 0 radical (unpaired) electrons. The van der Waals surface area contributed by atoms with Crippen molar-refractivity contribution >= 4 is 38.5 Å². The second-order valence-electron chi connectivity index (χ2n) is 14.0. The van der Waals surface area contributed by atoms with Crippen molar-refractivity contribution in [2.75, 3.05) is 26.9 Å². The molecule has 2 aliphatic carbocycles. The van der Waals surface area contributed by atoms with E-state index < -0.39 is 62.3 Å². The van der Waals surface area contributed by atoms with E-state index in [1.165, 1.54) is 4.90 Å². The molecular weight excluding hydrogens is 654 g/mol. The third-order valence-electron chi connectivity index (χ3n) is 8.83. The first kappa shape index (κ1) is 36.2. The fraction of sp³-hybridized carbons (Fsp3) is 0.588. The molecule has 2 saturated carbocycles. The van der Waals surface area contributed by atoms with Gasteiger partial charge in [0.15, 0.2) is 5.88 Å². The predicted octanol–water partition coefficient (Wildman–Crippen LogP) is 2.38. The van der Waals surface area contributed by atoms with Crippen molar-refractivity contribution in [2.24, 2.45) is 5.92 Å². The maximum absolute atomic E-state index is 14.0. The largest absolute Gasteiger partial charge is 0.489 e. The van der Waals surface area contributed by atoms with Gasteiger partial charge in [0.2, 0.25) is 27.7 Å². The number of aromatic nitrogens is 1. The number of hydrogen-bond acceptors (Lipinski definition) is 11. The summed E-state index contributed by atoms with van der Waals surface area (Å²) in [5.74, 6) is -1.00. The minimum absolute atomic E-state index is 0.0441. The van der Waals surface area contributed by atoms with Crippen LogP contribution < -0.4 is 24.8 Å². The van der Waals surface area contributed by atoms with Crippen molar-refractivity contribution in [3.05, 3.63) is 42.9 Å². The maximum atomic E-state index is 14.0. The standard InChI is InChI=1S/C34H47N5O9S/c1-20-17-34(20,32(42)38-49(43,44)24-12-13-24)37-29(40)27-16-23(19-39(27)31(41)21(2)36-22(3)48-33(4,5)6)47-30-26-11-9-8-10-25(26)28(18-35-30)46-15-14-45-7/h8-11,18,20-21,23-24,27,36H,3,12-17,19H2,1-2,4-7H3,(H,37,40)(H,38,42)/t20-,21+,23-,27+,34-/m1/s1. The number of carbonyl (C=O) groups excluding carboxylic acids is 3. The van der Waals surface area contributed by atoms with Gasteiger partial charge in [0, 0.05) is 24.3 Å².